The second kappa shape index (κ2) is 5.81. The molecule has 0 radical (unpaired) electrons. The molecule has 6 heteroatoms. The number of carbonyl (C=O) groups is 2. The maximum atomic E-state index is 12.0. The Balaban J connectivity index is 2.12. The highest BCUT2D eigenvalue weighted by Gasteiger charge is 2.17. The van der Waals surface area contributed by atoms with Crippen LogP contribution in [-0.4, -0.2) is 24.0 Å². The van der Waals surface area contributed by atoms with Crippen molar-refractivity contribution in [3.63, 3.8) is 0 Å². The molecule has 2 aromatic heterocycles. The number of furan rings is 1. The fourth-order valence-corrected chi connectivity index (χ4v) is 1.52. The largest absolute Gasteiger partial charge is 0.469 e. The van der Waals surface area contributed by atoms with E-state index in [1.807, 2.05) is 0 Å². The zero-order valence-corrected chi connectivity index (χ0v) is 10.3. The molecule has 2 aromatic rings. The van der Waals surface area contributed by atoms with Crippen molar-refractivity contribution in [2.24, 2.45) is 0 Å². The van der Waals surface area contributed by atoms with Gasteiger partial charge in [-0.2, -0.15) is 0 Å². The average molecular weight is 260 g/mol. The number of ether oxygens (including phenoxy) is 1. The van der Waals surface area contributed by atoms with E-state index in [-0.39, 0.29) is 18.1 Å². The number of hydrogen-bond acceptors (Lipinski definition) is 5. The van der Waals surface area contributed by atoms with Crippen molar-refractivity contribution < 1.29 is 18.7 Å². The number of pyridine rings is 1. The minimum Gasteiger partial charge on any atom is -0.469 e. The fourth-order valence-electron chi connectivity index (χ4n) is 1.52. The third kappa shape index (κ3) is 3.19. The summed E-state index contributed by atoms with van der Waals surface area (Å²) < 4.78 is 9.66. The van der Waals surface area contributed by atoms with Crippen LogP contribution in [0, 0.1) is 0 Å². The number of nitrogens with zero attached hydrogens (tertiary/aromatic N) is 1. The molecule has 6 nitrogen and oxygen atoms in total. The van der Waals surface area contributed by atoms with Gasteiger partial charge in [0.05, 0.1) is 18.9 Å². The van der Waals surface area contributed by atoms with Crippen LogP contribution >= 0.6 is 0 Å². The number of esters is 1. The lowest BCUT2D eigenvalue weighted by molar-refractivity contribution is -0.140. The van der Waals surface area contributed by atoms with Gasteiger partial charge in [-0.1, -0.05) is 0 Å². The van der Waals surface area contributed by atoms with Crippen molar-refractivity contribution in [1.29, 1.82) is 0 Å². The number of rotatable bonds is 4. The van der Waals surface area contributed by atoms with E-state index in [0.29, 0.717) is 11.3 Å². The Morgan fingerprint density at radius 1 is 1.32 bits per heavy atom. The minimum absolute atomic E-state index is 0.0808. The van der Waals surface area contributed by atoms with Crippen molar-refractivity contribution in [1.82, 2.24) is 4.98 Å². The molecular weight excluding hydrogens is 248 g/mol. The number of amides is 1. The van der Waals surface area contributed by atoms with E-state index in [2.05, 4.69) is 15.0 Å². The third-order valence-corrected chi connectivity index (χ3v) is 2.46. The van der Waals surface area contributed by atoms with Crippen molar-refractivity contribution >= 4 is 17.6 Å². The van der Waals surface area contributed by atoms with E-state index < -0.39 is 5.97 Å². The normalized spacial score (nSPS) is 9.95. The van der Waals surface area contributed by atoms with Gasteiger partial charge in [0.1, 0.15) is 12.2 Å². The lowest BCUT2D eigenvalue weighted by atomic mass is 10.2. The summed E-state index contributed by atoms with van der Waals surface area (Å²) in [5, 5.41) is 2.68. The summed E-state index contributed by atoms with van der Waals surface area (Å²) in [5.74, 6) is -0.537. The van der Waals surface area contributed by atoms with E-state index in [0.717, 1.165) is 0 Å². The van der Waals surface area contributed by atoms with Gasteiger partial charge in [0.15, 0.2) is 0 Å². The summed E-state index contributed by atoms with van der Waals surface area (Å²) in [6, 6.07) is 4.84. The second-order valence-corrected chi connectivity index (χ2v) is 3.70. The summed E-state index contributed by atoms with van der Waals surface area (Å²) in [6.07, 6.45) is 4.42. The zero-order valence-electron chi connectivity index (χ0n) is 10.3. The molecule has 0 aromatic carbocycles. The van der Waals surface area contributed by atoms with Crippen LogP contribution in [0.5, 0.6) is 0 Å². The quantitative estimate of drug-likeness (QED) is 0.845. The Bertz CT molecular complexity index is 577. The number of hydrogen-bond donors (Lipinski definition) is 1. The average Bonchev–Trinajstić information content (AvgIpc) is 2.88. The van der Waals surface area contributed by atoms with Gasteiger partial charge in [0.25, 0.3) is 5.91 Å². The van der Waals surface area contributed by atoms with Crippen molar-refractivity contribution in [2.45, 2.75) is 6.42 Å². The first kappa shape index (κ1) is 12.8. The fraction of sp³-hybridized carbons (Fsp3) is 0.154. The molecule has 1 N–H and O–H groups in total. The molecule has 2 heterocycles. The molecule has 0 aliphatic carbocycles. The van der Waals surface area contributed by atoms with Gasteiger partial charge >= 0.3 is 5.97 Å². The monoisotopic (exact) mass is 260 g/mol. The first-order valence-electron chi connectivity index (χ1n) is 5.55. The van der Waals surface area contributed by atoms with Gasteiger partial charge in [-0.05, 0) is 18.2 Å². The van der Waals surface area contributed by atoms with Crippen LogP contribution in [0.2, 0.25) is 0 Å². The van der Waals surface area contributed by atoms with Crippen molar-refractivity contribution in [3.05, 3.63) is 48.2 Å². The first-order chi connectivity index (χ1) is 9.20. The van der Waals surface area contributed by atoms with E-state index in [9.17, 15) is 9.59 Å². The van der Waals surface area contributed by atoms with Crippen LogP contribution in [0.15, 0.2) is 41.3 Å². The predicted molar refractivity (Wildman–Crippen MR) is 66.6 cm³/mol. The van der Waals surface area contributed by atoms with Gasteiger partial charge in [0.2, 0.25) is 0 Å². The maximum Gasteiger partial charge on any atom is 0.313 e. The molecule has 0 unspecified atom stereocenters. The molecule has 2 rings (SSSR count). The highest BCUT2D eigenvalue weighted by molar-refractivity contribution is 6.05. The van der Waals surface area contributed by atoms with E-state index in [1.165, 1.54) is 19.4 Å². The summed E-state index contributed by atoms with van der Waals surface area (Å²) in [5.41, 5.74) is 0.924. The molecule has 1 amide bonds. The molecule has 98 valence electrons. The summed E-state index contributed by atoms with van der Waals surface area (Å²) in [6.45, 7) is 0. The second-order valence-electron chi connectivity index (χ2n) is 3.70. The van der Waals surface area contributed by atoms with Crippen LogP contribution in [0.25, 0.3) is 0 Å². The summed E-state index contributed by atoms with van der Waals surface area (Å²) in [4.78, 5) is 27.1. The lowest BCUT2D eigenvalue weighted by Crippen LogP contribution is -2.14. The van der Waals surface area contributed by atoms with Gasteiger partial charge in [-0.25, -0.2) is 0 Å². The molecule has 0 spiro atoms. The molecule has 0 aliphatic heterocycles. The minimum atomic E-state index is -0.465. The molecule has 0 atom stereocenters. The Hall–Kier alpha value is -2.63. The Morgan fingerprint density at radius 3 is 2.74 bits per heavy atom. The standard InChI is InChI=1S/C13H12N2O4/c1-18-12(16)8-11-10(4-7-19-11)13(17)15-9-2-5-14-6-3-9/h2-7H,8H2,1H3,(H,14,15,17). The molecule has 0 bridgehead atoms. The van der Waals surface area contributed by atoms with Gasteiger partial charge in [0, 0.05) is 18.1 Å². The highest BCUT2D eigenvalue weighted by atomic mass is 16.5. The molecule has 0 aliphatic rings. The molecular formula is C13H12N2O4. The zero-order chi connectivity index (χ0) is 13.7. The maximum absolute atomic E-state index is 12.0. The van der Waals surface area contributed by atoms with Gasteiger partial charge in [-0.3, -0.25) is 14.6 Å². The Kier molecular flexibility index (Phi) is 3.92. The number of anilines is 1. The van der Waals surface area contributed by atoms with Crippen LogP contribution < -0.4 is 5.32 Å². The molecule has 19 heavy (non-hydrogen) atoms. The topological polar surface area (TPSA) is 81.4 Å². The van der Waals surface area contributed by atoms with E-state index in [4.69, 9.17) is 4.42 Å². The smallest absolute Gasteiger partial charge is 0.313 e. The highest BCUT2D eigenvalue weighted by Crippen LogP contribution is 2.14. The summed E-state index contributed by atoms with van der Waals surface area (Å²) in [7, 11) is 1.28. The SMILES string of the molecule is COC(=O)Cc1occc1C(=O)Nc1ccncc1. The number of aromatic nitrogens is 1. The van der Waals surface area contributed by atoms with Crippen LogP contribution in [0.4, 0.5) is 5.69 Å². The molecule has 0 fully saturated rings. The number of carbonyl (C=O) groups excluding carboxylic acids is 2. The summed E-state index contributed by atoms with van der Waals surface area (Å²) >= 11 is 0. The lowest BCUT2D eigenvalue weighted by Gasteiger charge is -2.04. The molecule has 0 saturated heterocycles. The van der Waals surface area contributed by atoms with Gasteiger partial charge in [-0.15, -0.1) is 0 Å². The first-order valence-corrected chi connectivity index (χ1v) is 5.55. The van der Waals surface area contributed by atoms with Crippen molar-refractivity contribution in [3.8, 4) is 0 Å². The molecule has 0 saturated carbocycles. The van der Waals surface area contributed by atoms with E-state index >= 15 is 0 Å². The van der Waals surface area contributed by atoms with Crippen molar-refractivity contribution in [2.75, 3.05) is 12.4 Å². The Morgan fingerprint density at radius 2 is 2.05 bits per heavy atom. The Labute approximate surface area is 109 Å². The van der Waals surface area contributed by atoms with Crippen LogP contribution in [0.3, 0.4) is 0 Å². The van der Waals surface area contributed by atoms with E-state index in [1.54, 1.807) is 24.5 Å². The third-order valence-electron chi connectivity index (χ3n) is 2.46. The number of methoxy groups -OCH3 is 1. The van der Waals surface area contributed by atoms with Gasteiger partial charge < -0.3 is 14.5 Å². The predicted octanol–water partition coefficient (Wildman–Crippen LogP) is 1.64. The number of nitrogens with one attached hydrogen (secondary N) is 1. The van der Waals surface area contributed by atoms with Crippen LogP contribution in [-0.2, 0) is 16.0 Å². The van der Waals surface area contributed by atoms with Crippen LogP contribution in [0.1, 0.15) is 16.1 Å².